The molecule has 0 spiro atoms. The van der Waals surface area contributed by atoms with Crippen molar-refractivity contribution in [1.29, 1.82) is 0 Å². The Bertz CT molecular complexity index is 397. The zero-order valence-corrected chi connectivity index (χ0v) is 11.9. The van der Waals surface area contributed by atoms with Gasteiger partial charge in [-0.3, -0.25) is 0 Å². The molecule has 0 amide bonds. The minimum absolute atomic E-state index is 0.135. The van der Waals surface area contributed by atoms with E-state index in [4.69, 9.17) is 0 Å². The van der Waals surface area contributed by atoms with E-state index in [1.54, 1.807) is 12.1 Å². The third kappa shape index (κ3) is 3.39. The van der Waals surface area contributed by atoms with Gasteiger partial charge in [-0.1, -0.05) is 6.92 Å². The van der Waals surface area contributed by atoms with Crippen LogP contribution in [-0.2, 0) is 6.54 Å². The van der Waals surface area contributed by atoms with Crippen LogP contribution in [0.4, 0.5) is 10.1 Å². The Balaban J connectivity index is 2.16. The first-order valence-corrected chi connectivity index (χ1v) is 7.58. The van der Waals surface area contributed by atoms with Crippen molar-refractivity contribution >= 4 is 17.4 Å². The molecule has 1 N–H and O–H groups in total. The van der Waals surface area contributed by atoms with E-state index in [9.17, 15) is 4.39 Å². The van der Waals surface area contributed by atoms with E-state index in [0.29, 0.717) is 11.8 Å². The summed E-state index contributed by atoms with van der Waals surface area (Å²) in [5.74, 6) is 1.00. The van der Waals surface area contributed by atoms with Crippen molar-refractivity contribution in [1.82, 2.24) is 5.32 Å². The number of thioether (sulfide) groups is 1. The van der Waals surface area contributed by atoms with E-state index < -0.39 is 0 Å². The molecule has 1 saturated heterocycles. The first-order chi connectivity index (χ1) is 8.72. The number of nitrogens with zero attached hydrogens (tertiary/aromatic N) is 1. The van der Waals surface area contributed by atoms with Gasteiger partial charge >= 0.3 is 0 Å². The molecule has 18 heavy (non-hydrogen) atoms. The zero-order chi connectivity index (χ0) is 13.0. The second-order valence-electron chi connectivity index (χ2n) is 4.70. The van der Waals surface area contributed by atoms with Gasteiger partial charge in [0.15, 0.2) is 0 Å². The highest BCUT2D eigenvalue weighted by molar-refractivity contribution is 8.00. The predicted octanol–water partition coefficient (Wildman–Crippen LogP) is 2.88. The van der Waals surface area contributed by atoms with Crippen LogP contribution >= 0.6 is 11.8 Å². The Kier molecular flexibility index (Phi) is 4.89. The van der Waals surface area contributed by atoms with E-state index in [2.05, 4.69) is 23.2 Å². The second kappa shape index (κ2) is 6.43. The highest BCUT2D eigenvalue weighted by Gasteiger charge is 2.19. The fourth-order valence-corrected chi connectivity index (χ4v) is 3.50. The summed E-state index contributed by atoms with van der Waals surface area (Å²) in [5, 5.41) is 3.75. The smallest absolute Gasteiger partial charge is 0.125 e. The van der Waals surface area contributed by atoms with Crippen LogP contribution in [0.15, 0.2) is 18.2 Å². The molecule has 1 aliphatic heterocycles. The molecule has 4 heteroatoms. The van der Waals surface area contributed by atoms with E-state index in [-0.39, 0.29) is 5.82 Å². The van der Waals surface area contributed by atoms with Crippen molar-refractivity contribution in [3.8, 4) is 0 Å². The maximum absolute atomic E-state index is 13.6. The van der Waals surface area contributed by atoms with Gasteiger partial charge in [-0.2, -0.15) is 11.8 Å². The van der Waals surface area contributed by atoms with Crippen LogP contribution in [-0.4, -0.2) is 31.1 Å². The minimum atomic E-state index is -0.135. The molecule has 2 nitrogen and oxygen atoms in total. The average Bonchev–Trinajstić information content (AvgIpc) is 2.38. The van der Waals surface area contributed by atoms with Gasteiger partial charge < -0.3 is 10.2 Å². The van der Waals surface area contributed by atoms with Crippen LogP contribution < -0.4 is 10.2 Å². The molecule has 1 atom stereocenters. The van der Waals surface area contributed by atoms with Gasteiger partial charge in [0.25, 0.3) is 0 Å². The fraction of sp³-hybridized carbons (Fsp3) is 0.571. The van der Waals surface area contributed by atoms with Gasteiger partial charge in [-0.15, -0.1) is 0 Å². The first kappa shape index (κ1) is 13.7. The van der Waals surface area contributed by atoms with Gasteiger partial charge in [0, 0.05) is 36.3 Å². The van der Waals surface area contributed by atoms with Gasteiger partial charge in [-0.05, 0) is 37.2 Å². The summed E-state index contributed by atoms with van der Waals surface area (Å²) in [5.41, 5.74) is 2.04. The Morgan fingerprint density at radius 2 is 2.28 bits per heavy atom. The van der Waals surface area contributed by atoms with Crippen LogP contribution in [0.25, 0.3) is 0 Å². The maximum Gasteiger partial charge on any atom is 0.125 e. The monoisotopic (exact) mass is 268 g/mol. The van der Waals surface area contributed by atoms with Crippen molar-refractivity contribution in [2.24, 2.45) is 0 Å². The summed E-state index contributed by atoms with van der Waals surface area (Å²) < 4.78 is 13.6. The van der Waals surface area contributed by atoms with Crippen molar-refractivity contribution in [3.63, 3.8) is 0 Å². The van der Waals surface area contributed by atoms with Crippen molar-refractivity contribution < 1.29 is 4.39 Å². The van der Waals surface area contributed by atoms with Crippen LogP contribution in [0.3, 0.4) is 0 Å². The SMILES string of the molecule is CCC1CN(c2cc(F)cc(CNC)c2)CCS1. The summed E-state index contributed by atoms with van der Waals surface area (Å²) in [6.07, 6.45) is 1.18. The zero-order valence-electron chi connectivity index (χ0n) is 11.1. The van der Waals surface area contributed by atoms with Crippen LogP contribution in [0.5, 0.6) is 0 Å². The molecule has 1 aliphatic rings. The third-order valence-corrected chi connectivity index (χ3v) is 4.65. The minimum Gasteiger partial charge on any atom is -0.370 e. The lowest BCUT2D eigenvalue weighted by Gasteiger charge is -2.34. The molecule has 100 valence electrons. The van der Waals surface area contributed by atoms with E-state index >= 15 is 0 Å². The van der Waals surface area contributed by atoms with E-state index in [1.165, 1.54) is 6.42 Å². The van der Waals surface area contributed by atoms with Gasteiger partial charge in [0.05, 0.1) is 0 Å². The van der Waals surface area contributed by atoms with E-state index in [1.807, 2.05) is 18.8 Å². The molecule has 1 unspecified atom stereocenters. The molecule has 1 fully saturated rings. The molecular formula is C14H21FN2S. The molecule has 0 aliphatic carbocycles. The van der Waals surface area contributed by atoms with Crippen molar-refractivity contribution in [2.75, 3.05) is 30.8 Å². The summed E-state index contributed by atoms with van der Waals surface area (Å²) in [4.78, 5) is 2.31. The van der Waals surface area contributed by atoms with Crippen molar-refractivity contribution in [2.45, 2.75) is 25.1 Å². The van der Waals surface area contributed by atoms with Gasteiger partial charge in [0.1, 0.15) is 5.82 Å². The molecule has 0 aromatic heterocycles. The Labute approximate surface area is 113 Å². The predicted molar refractivity (Wildman–Crippen MR) is 77.9 cm³/mol. The normalized spacial score (nSPS) is 20.2. The number of nitrogens with one attached hydrogen (secondary N) is 1. The molecule has 0 saturated carbocycles. The highest BCUT2D eigenvalue weighted by atomic mass is 32.2. The third-order valence-electron chi connectivity index (χ3n) is 3.28. The first-order valence-electron chi connectivity index (χ1n) is 6.53. The Morgan fingerprint density at radius 3 is 3.00 bits per heavy atom. The quantitative estimate of drug-likeness (QED) is 0.904. The fourth-order valence-electron chi connectivity index (χ4n) is 2.32. The second-order valence-corrected chi connectivity index (χ2v) is 6.10. The maximum atomic E-state index is 13.6. The van der Waals surface area contributed by atoms with Crippen LogP contribution in [0.1, 0.15) is 18.9 Å². The summed E-state index contributed by atoms with van der Waals surface area (Å²) in [6, 6.07) is 5.36. The average molecular weight is 268 g/mol. The van der Waals surface area contributed by atoms with Gasteiger partial charge in [0.2, 0.25) is 0 Å². The number of hydrogen-bond acceptors (Lipinski definition) is 3. The van der Waals surface area contributed by atoms with Crippen LogP contribution in [0, 0.1) is 5.82 Å². The largest absolute Gasteiger partial charge is 0.370 e. The molecule has 1 heterocycles. The summed E-state index contributed by atoms with van der Waals surface area (Å²) in [6.45, 7) is 4.98. The Morgan fingerprint density at radius 1 is 1.44 bits per heavy atom. The summed E-state index contributed by atoms with van der Waals surface area (Å²) in [7, 11) is 1.88. The molecule has 1 aromatic rings. The van der Waals surface area contributed by atoms with E-state index in [0.717, 1.165) is 30.1 Å². The molecule has 0 bridgehead atoms. The number of anilines is 1. The number of benzene rings is 1. The molecule has 1 aromatic carbocycles. The molecular weight excluding hydrogens is 247 g/mol. The number of hydrogen-bond donors (Lipinski definition) is 1. The standard InChI is InChI=1S/C14H21FN2S/c1-3-14-10-17(4-5-18-14)13-7-11(9-16-2)6-12(15)8-13/h6-8,14,16H,3-5,9-10H2,1-2H3. The van der Waals surface area contributed by atoms with Crippen LogP contribution in [0.2, 0.25) is 0 Å². The number of rotatable bonds is 4. The molecule has 0 radical (unpaired) electrons. The Hall–Kier alpha value is -0.740. The van der Waals surface area contributed by atoms with Crippen molar-refractivity contribution in [3.05, 3.63) is 29.6 Å². The summed E-state index contributed by atoms with van der Waals surface area (Å²) >= 11 is 2.03. The number of halogens is 1. The lowest BCUT2D eigenvalue weighted by Crippen LogP contribution is -2.37. The topological polar surface area (TPSA) is 15.3 Å². The highest BCUT2D eigenvalue weighted by Crippen LogP contribution is 2.27. The van der Waals surface area contributed by atoms with Gasteiger partial charge in [-0.25, -0.2) is 4.39 Å². The lowest BCUT2D eigenvalue weighted by atomic mass is 10.1. The lowest BCUT2D eigenvalue weighted by molar-refractivity contribution is 0.621. The molecule has 2 rings (SSSR count).